The summed E-state index contributed by atoms with van der Waals surface area (Å²) < 4.78 is 10.2. The number of nitrogens with zero attached hydrogens (tertiary/aromatic N) is 1. The molecule has 7 heteroatoms. The number of rotatable bonds is 8. The first-order chi connectivity index (χ1) is 12.5. The first-order valence-electron chi connectivity index (χ1n) is 8.93. The van der Waals surface area contributed by atoms with Gasteiger partial charge in [0, 0.05) is 6.54 Å². The fraction of sp³-hybridized carbons (Fsp3) is 0.526. The molecular weight excluding hydrogens is 336 g/mol. The highest BCUT2D eigenvalue weighted by molar-refractivity contribution is 5.88. The highest BCUT2D eigenvalue weighted by Gasteiger charge is 2.37. The SMILES string of the molecule is CCOC(=O)CNC(C)C(=O)N1CCC[C@H]1C(=O)OCc1ccccc1. The van der Waals surface area contributed by atoms with Gasteiger partial charge in [-0.2, -0.15) is 0 Å². The molecular formula is C19H26N2O5. The molecule has 1 amide bonds. The predicted molar refractivity (Wildman–Crippen MR) is 95.1 cm³/mol. The van der Waals surface area contributed by atoms with Crippen LogP contribution in [0.25, 0.3) is 0 Å². The standard InChI is InChI=1S/C19H26N2O5/c1-3-25-17(22)12-20-14(2)18(23)21-11-7-10-16(21)19(24)26-13-15-8-5-4-6-9-15/h4-6,8-9,14,16,20H,3,7,10-13H2,1-2H3/t14?,16-/m0/s1. The third-order valence-electron chi connectivity index (χ3n) is 4.26. The molecule has 0 aromatic heterocycles. The Balaban J connectivity index is 1.86. The third-order valence-corrected chi connectivity index (χ3v) is 4.26. The van der Waals surface area contributed by atoms with Crippen molar-refractivity contribution in [2.24, 2.45) is 0 Å². The zero-order valence-electron chi connectivity index (χ0n) is 15.3. The van der Waals surface area contributed by atoms with Gasteiger partial charge in [0.1, 0.15) is 12.6 Å². The van der Waals surface area contributed by atoms with Gasteiger partial charge in [-0.1, -0.05) is 30.3 Å². The van der Waals surface area contributed by atoms with Gasteiger partial charge in [-0.25, -0.2) is 4.79 Å². The zero-order valence-corrected chi connectivity index (χ0v) is 15.3. The van der Waals surface area contributed by atoms with E-state index in [4.69, 9.17) is 9.47 Å². The topological polar surface area (TPSA) is 84.9 Å². The van der Waals surface area contributed by atoms with Crippen molar-refractivity contribution in [1.29, 1.82) is 0 Å². The fourth-order valence-electron chi connectivity index (χ4n) is 2.88. The number of likely N-dealkylation sites (tertiary alicyclic amines) is 1. The molecule has 1 aliphatic rings. The smallest absolute Gasteiger partial charge is 0.329 e. The quantitative estimate of drug-likeness (QED) is 0.701. The van der Waals surface area contributed by atoms with Crippen molar-refractivity contribution in [3.63, 3.8) is 0 Å². The van der Waals surface area contributed by atoms with Crippen molar-refractivity contribution in [3.05, 3.63) is 35.9 Å². The number of amides is 1. The van der Waals surface area contributed by atoms with Gasteiger partial charge < -0.3 is 14.4 Å². The van der Waals surface area contributed by atoms with E-state index in [0.29, 0.717) is 19.6 Å². The monoisotopic (exact) mass is 362 g/mol. The number of carbonyl (C=O) groups is 3. The van der Waals surface area contributed by atoms with Crippen LogP contribution in [0.15, 0.2) is 30.3 Å². The number of carbonyl (C=O) groups excluding carboxylic acids is 3. The Kier molecular flexibility index (Phi) is 7.59. The van der Waals surface area contributed by atoms with Crippen molar-refractivity contribution in [2.45, 2.75) is 45.4 Å². The van der Waals surface area contributed by atoms with Crippen LogP contribution in [0.5, 0.6) is 0 Å². The maximum absolute atomic E-state index is 12.6. The van der Waals surface area contributed by atoms with E-state index in [1.54, 1.807) is 13.8 Å². The van der Waals surface area contributed by atoms with E-state index in [1.165, 1.54) is 4.90 Å². The molecule has 142 valence electrons. The lowest BCUT2D eigenvalue weighted by molar-refractivity contribution is -0.155. The summed E-state index contributed by atoms with van der Waals surface area (Å²) in [6.07, 6.45) is 1.34. The molecule has 1 N–H and O–H groups in total. The first kappa shape index (κ1) is 19.9. The Hall–Kier alpha value is -2.41. The Morgan fingerprint density at radius 2 is 1.96 bits per heavy atom. The summed E-state index contributed by atoms with van der Waals surface area (Å²) in [4.78, 5) is 37.9. The fourth-order valence-corrected chi connectivity index (χ4v) is 2.88. The van der Waals surface area contributed by atoms with Crippen molar-refractivity contribution in [3.8, 4) is 0 Å². The van der Waals surface area contributed by atoms with E-state index in [-0.39, 0.29) is 19.1 Å². The van der Waals surface area contributed by atoms with Crippen molar-refractivity contribution >= 4 is 17.8 Å². The minimum absolute atomic E-state index is 0.0439. The molecule has 2 atom stereocenters. The molecule has 7 nitrogen and oxygen atoms in total. The van der Waals surface area contributed by atoms with Gasteiger partial charge >= 0.3 is 11.9 Å². The molecule has 0 aliphatic carbocycles. The summed E-state index contributed by atoms with van der Waals surface area (Å²) in [7, 11) is 0. The minimum Gasteiger partial charge on any atom is -0.465 e. The lowest BCUT2D eigenvalue weighted by atomic mass is 10.2. The molecule has 1 unspecified atom stereocenters. The molecule has 2 rings (SSSR count). The van der Waals surface area contributed by atoms with Crippen LogP contribution >= 0.6 is 0 Å². The summed E-state index contributed by atoms with van der Waals surface area (Å²) in [5.41, 5.74) is 0.904. The summed E-state index contributed by atoms with van der Waals surface area (Å²) in [6.45, 7) is 4.35. The number of benzene rings is 1. The average Bonchev–Trinajstić information content (AvgIpc) is 3.14. The third kappa shape index (κ3) is 5.56. The second-order valence-corrected chi connectivity index (χ2v) is 6.19. The molecule has 1 aromatic rings. The van der Waals surface area contributed by atoms with E-state index >= 15 is 0 Å². The highest BCUT2D eigenvalue weighted by Crippen LogP contribution is 2.20. The molecule has 0 saturated carbocycles. The van der Waals surface area contributed by atoms with E-state index < -0.39 is 24.0 Å². The van der Waals surface area contributed by atoms with Gasteiger partial charge in [-0.15, -0.1) is 0 Å². The molecule has 1 aliphatic heterocycles. The molecule has 26 heavy (non-hydrogen) atoms. The van der Waals surface area contributed by atoms with E-state index in [1.807, 2.05) is 30.3 Å². The zero-order chi connectivity index (χ0) is 18.9. The van der Waals surface area contributed by atoms with Crippen LogP contribution in [0.1, 0.15) is 32.3 Å². The largest absolute Gasteiger partial charge is 0.465 e. The van der Waals surface area contributed by atoms with Gasteiger partial charge in [-0.3, -0.25) is 14.9 Å². The van der Waals surface area contributed by atoms with Gasteiger partial charge in [0.25, 0.3) is 0 Å². The maximum atomic E-state index is 12.6. The Morgan fingerprint density at radius 3 is 2.65 bits per heavy atom. The summed E-state index contributed by atoms with van der Waals surface area (Å²) in [5.74, 6) is -1.02. The number of ether oxygens (including phenoxy) is 2. The molecule has 0 radical (unpaired) electrons. The lowest BCUT2D eigenvalue weighted by Gasteiger charge is -2.26. The summed E-state index contributed by atoms with van der Waals surface area (Å²) >= 11 is 0. The normalized spacial score (nSPS) is 17.6. The van der Waals surface area contributed by atoms with Crippen LogP contribution in [0, 0.1) is 0 Å². The van der Waals surface area contributed by atoms with Crippen LogP contribution < -0.4 is 5.32 Å². The van der Waals surface area contributed by atoms with E-state index in [2.05, 4.69) is 5.32 Å². The van der Waals surface area contributed by atoms with Crippen LogP contribution in [0.3, 0.4) is 0 Å². The van der Waals surface area contributed by atoms with Crippen molar-refractivity contribution in [1.82, 2.24) is 10.2 Å². The number of hydrogen-bond donors (Lipinski definition) is 1. The van der Waals surface area contributed by atoms with Gasteiger partial charge in [-0.05, 0) is 32.3 Å². The Bertz CT molecular complexity index is 620. The van der Waals surface area contributed by atoms with Crippen LogP contribution in [0.2, 0.25) is 0 Å². The lowest BCUT2D eigenvalue weighted by Crippen LogP contribution is -2.50. The predicted octanol–water partition coefficient (Wildman–Crippen LogP) is 1.26. The van der Waals surface area contributed by atoms with Crippen LogP contribution in [-0.4, -0.2) is 54.5 Å². The molecule has 0 spiro atoms. The van der Waals surface area contributed by atoms with Crippen molar-refractivity contribution in [2.75, 3.05) is 19.7 Å². The molecule has 1 fully saturated rings. The Labute approximate surface area is 153 Å². The second-order valence-electron chi connectivity index (χ2n) is 6.19. The number of hydrogen-bond acceptors (Lipinski definition) is 6. The molecule has 1 aromatic carbocycles. The van der Waals surface area contributed by atoms with Crippen molar-refractivity contribution < 1.29 is 23.9 Å². The second kappa shape index (κ2) is 9.91. The molecule has 0 bridgehead atoms. The first-order valence-corrected chi connectivity index (χ1v) is 8.93. The van der Waals surface area contributed by atoms with E-state index in [0.717, 1.165) is 12.0 Å². The number of esters is 2. The van der Waals surface area contributed by atoms with Gasteiger partial charge in [0.05, 0.1) is 19.2 Å². The van der Waals surface area contributed by atoms with Gasteiger partial charge in [0.2, 0.25) is 5.91 Å². The van der Waals surface area contributed by atoms with Crippen LogP contribution in [-0.2, 0) is 30.5 Å². The van der Waals surface area contributed by atoms with Crippen LogP contribution in [0.4, 0.5) is 0 Å². The number of nitrogens with one attached hydrogen (secondary N) is 1. The molecule has 1 heterocycles. The minimum atomic E-state index is -0.582. The highest BCUT2D eigenvalue weighted by atomic mass is 16.5. The average molecular weight is 362 g/mol. The Morgan fingerprint density at radius 1 is 1.23 bits per heavy atom. The molecule has 1 saturated heterocycles. The summed E-state index contributed by atoms with van der Waals surface area (Å²) in [6, 6.07) is 8.27. The van der Waals surface area contributed by atoms with E-state index in [9.17, 15) is 14.4 Å². The summed E-state index contributed by atoms with van der Waals surface area (Å²) in [5, 5.41) is 2.84. The van der Waals surface area contributed by atoms with Gasteiger partial charge in [0.15, 0.2) is 0 Å². The maximum Gasteiger partial charge on any atom is 0.329 e.